The molecule has 1 aliphatic carbocycles. The second-order valence-electron chi connectivity index (χ2n) is 6.33. The van der Waals surface area contributed by atoms with E-state index in [4.69, 9.17) is 0 Å². The minimum Gasteiger partial charge on any atom is -0.462 e. The lowest BCUT2D eigenvalue weighted by Crippen LogP contribution is -2.17. The average molecular weight is 256 g/mol. The molecule has 1 fully saturated rings. The maximum absolute atomic E-state index is 9.60. The van der Waals surface area contributed by atoms with Crippen molar-refractivity contribution >= 4 is 6.47 Å². The fourth-order valence-corrected chi connectivity index (χ4v) is 1.76. The van der Waals surface area contributed by atoms with Gasteiger partial charge in [0.25, 0.3) is 6.47 Å². The topological polar surface area (TPSA) is 26.3 Å². The third-order valence-corrected chi connectivity index (χ3v) is 3.06. The van der Waals surface area contributed by atoms with E-state index in [-0.39, 0.29) is 5.60 Å². The van der Waals surface area contributed by atoms with Gasteiger partial charge < -0.3 is 4.74 Å². The smallest absolute Gasteiger partial charge is 0.293 e. The summed E-state index contributed by atoms with van der Waals surface area (Å²) in [6, 6.07) is 0. The van der Waals surface area contributed by atoms with Gasteiger partial charge in [-0.1, -0.05) is 64.7 Å². The summed E-state index contributed by atoms with van der Waals surface area (Å²) in [5.41, 5.74) is -0.318. The van der Waals surface area contributed by atoms with Crippen LogP contribution in [0.15, 0.2) is 0 Å². The van der Waals surface area contributed by atoms with E-state index < -0.39 is 0 Å². The minimum absolute atomic E-state index is 0.318. The lowest BCUT2D eigenvalue weighted by molar-refractivity contribution is -0.138. The van der Waals surface area contributed by atoms with Crippen LogP contribution in [0.25, 0.3) is 0 Å². The van der Waals surface area contributed by atoms with Crippen molar-refractivity contribution in [2.24, 2.45) is 5.92 Å². The van der Waals surface area contributed by atoms with Crippen molar-refractivity contribution in [1.29, 1.82) is 0 Å². The number of carbonyl (C=O) groups is 1. The lowest BCUT2D eigenvalue weighted by atomic mass is 10.1. The standard InChI is InChI=1S/C11H22.C5H10O2/c1-2-3-4-5-6-7-8-11-9-10-11;1-5(2,3)7-4-6/h11H,2-10H2,1H3;4H,1-3H3. The number of unbranched alkanes of at least 4 members (excludes halogenated alkanes) is 5. The second-order valence-corrected chi connectivity index (χ2v) is 6.33. The van der Waals surface area contributed by atoms with Gasteiger partial charge in [-0.3, -0.25) is 4.79 Å². The highest BCUT2D eigenvalue weighted by molar-refractivity contribution is 5.37. The number of carbonyl (C=O) groups excluding carboxylic acids is 1. The highest BCUT2D eigenvalue weighted by Gasteiger charge is 2.19. The van der Waals surface area contributed by atoms with E-state index in [1.807, 2.05) is 20.8 Å². The first-order valence-corrected chi connectivity index (χ1v) is 7.61. The molecule has 1 saturated carbocycles. The minimum atomic E-state index is -0.318. The Morgan fingerprint density at radius 1 is 1.06 bits per heavy atom. The summed E-state index contributed by atoms with van der Waals surface area (Å²) in [6.07, 6.45) is 13.4. The molecule has 2 nitrogen and oxygen atoms in total. The Morgan fingerprint density at radius 3 is 2.00 bits per heavy atom. The molecule has 0 aliphatic heterocycles. The Balaban J connectivity index is 0.000000360. The first kappa shape index (κ1) is 17.5. The van der Waals surface area contributed by atoms with Crippen molar-refractivity contribution in [3.8, 4) is 0 Å². The summed E-state index contributed by atoms with van der Waals surface area (Å²) in [5, 5.41) is 0. The third kappa shape index (κ3) is 15.5. The van der Waals surface area contributed by atoms with E-state index in [0.717, 1.165) is 5.92 Å². The van der Waals surface area contributed by atoms with Gasteiger partial charge in [0.2, 0.25) is 0 Å². The van der Waals surface area contributed by atoms with Crippen molar-refractivity contribution < 1.29 is 9.53 Å². The van der Waals surface area contributed by atoms with Gasteiger partial charge in [0, 0.05) is 0 Å². The zero-order chi connectivity index (χ0) is 13.9. The first-order chi connectivity index (χ1) is 8.49. The van der Waals surface area contributed by atoms with Crippen LogP contribution in [0.5, 0.6) is 0 Å². The van der Waals surface area contributed by atoms with Crippen LogP contribution in [-0.2, 0) is 9.53 Å². The normalized spacial score (nSPS) is 14.7. The zero-order valence-electron chi connectivity index (χ0n) is 12.8. The molecule has 0 aromatic carbocycles. The second kappa shape index (κ2) is 10.4. The molecule has 0 bridgehead atoms. The number of hydrogen-bond donors (Lipinski definition) is 0. The largest absolute Gasteiger partial charge is 0.462 e. The van der Waals surface area contributed by atoms with E-state index in [1.54, 1.807) is 0 Å². The van der Waals surface area contributed by atoms with Gasteiger partial charge in [-0.25, -0.2) is 0 Å². The van der Waals surface area contributed by atoms with Gasteiger partial charge in [-0.05, 0) is 26.7 Å². The summed E-state index contributed by atoms with van der Waals surface area (Å²) >= 11 is 0. The number of rotatable bonds is 8. The summed E-state index contributed by atoms with van der Waals surface area (Å²) in [6.45, 7) is 8.20. The molecule has 0 saturated heterocycles. The highest BCUT2D eigenvalue weighted by atomic mass is 16.5. The van der Waals surface area contributed by atoms with E-state index in [1.165, 1.54) is 57.8 Å². The Kier molecular flexibility index (Phi) is 10.1. The van der Waals surface area contributed by atoms with E-state index in [0.29, 0.717) is 6.47 Å². The van der Waals surface area contributed by atoms with Crippen LogP contribution >= 0.6 is 0 Å². The molecule has 0 atom stereocenters. The van der Waals surface area contributed by atoms with Crippen molar-refractivity contribution in [2.45, 2.75) is 91.1 Å². The molecule has 1 rings (SSSR count). The Morgan fingerprint density at radius 2 is 1.61 bits per heavy atom. The molecule has 0 amide bonds. The molecular weight excluding hydrogens is 224 g/mol. The summed E-state index contributed by atoms with van der Waals surface area (Å²) in [7, 11) is 0. The molecule has 0 aromatic rings. The van der Waals surface area contributed by atoms with Crippen LogP contribution in [0.3, 0.4) is 0 Å². The number of ether oxygens (including phenoxy) is 1. The molecule has 108 valence electrons. The maximum atomic E-state index is 9.60. The van der Waals surface area contributed by atoms with Crippen LogP contribution in [-0.4, -0.2) is 12.1 Å². The summed E-state index contributed by atoms with van der Waals surface area (Å²) in [5.74, 6) is 1.15. The van der Waals surface area contributed by atoms with Gasteiger partial charge in [0.15, 0.2) is 0 Å². The molecule has 0 spiro atoms. The van der Waals surface area contributed by atoms with Crippen molar-refractivity contribution in [3.63, 3.8) is 0 Å². The maximum Gasteiger partial charge on any atom is 0.293 e. The number of hydrogen-bond acceptors (Lipinski definition) is 2. The van der Waals surface area contributed by atoms with Crippen molar-refractivity contribution in [1.82, 2.24) is 0 Å². The molecule has 18 heavy (non-hydrogen) atoms. The predicted octanol–water partition coefficient (Wildman–Crippen LogP) is 5.10. The summed E-state index contributed by atoms with van der Waals surface area (Å²) in [4.78, 5) is 9.60. The Hall–Kier alpha value is -0.530. The Bertz CT molecular complexity index is 190. The molecule has 0 radical (unpaired) electrons. The van der Waals surface area contributed by atoms with Crippen LogP contribution in [0.4, 0.5) is 0 Å². The molecule has 0 unspecified atom stereocenters. The van der Waals surface area contributed by atoms with Gasteiger partial charge >= 0.3 is 0 Å². The quantitative estimate of drug-likeness (QED) is 0.446. The van der Waals surface area contributed by atoms with Crippen LogP contribution in [0.2, 0.25) is 0 Å². The van der Waals surface area contributed by atoms with Crippen LogP contribution in [0.1, 0.15) is 85.5 Å². The van der Waals surface area contributed by atoms with Crippen molar-refractivity contribution in [3.05, 3.63) is 0 Å². The molecular formula is C16H32O2. The molecule has 2 heteroatoms. The Labute approximate surface area is 113 Å². The average Bonchev–Trinajstić information content (AvgIpc) is 3.06. The molecule has 0 aromatic heterocycles. The summed E-state index contributed by atoms with van der Waals surface area (Å²) < 4.78 is 4.55. The third-order valence-electron chi connectivity index (χ3n) is 3.06. The fourth-order valence-electron chi connectivity index (χ4n) is 1.76. The highest BCUT2D eigenvalue weighted by Crippen LogP contribution is 2.34. The van der Waals surface area contributed by atoms with Gasteiger partial charge in [-0.15, -0.1) is 0 Å². The zero-order valence-corrected chi connectivity index (χ0v) is 12.8. The fraction of sp³-hybridized carbons (Fsp3) is 0.938. The van der Waals surface area contributed by atoms with Crippen LogP contribution < -0.4 is 0 Å². The monoisotopic (exact) mass is 256 g/mol. The predicted molar refractivity (Wildman–Crippen MR) is 77.6 cm³/mol. The van der Waals surface area contributed by atoms with Gasteiger partial charge in [0.1, 0.15) is 5.60 Å². The van der Waals surface area contributed by atoms with E-state index >= 15 is 0 Å². The lowest BCUT2D eigenvalue weighted by Gasteiger charge is -2.14. The molecule has 0 heterocycles. The van der Waals surface area contributed by atoms with Crippen molar-refractivity contribution in [2.75, 3.05) is 0 Å². The first-order valence-electron chi connectivity index (χ1n) is 7.61. The van der Waals surface area contributed by atoms with E-state index in [9.17, 15) is 4.79 Å². The van der Waals surface area contributed by atoms with E-state index in [2.05, 4.69) is 11.7 Å². The van der Waals surface area contributed by atoms with Gasteiger partial charge in [0.05, 0.1) is 0 Å². The SMILES string of the molecule is CC(C)(C)OC=O.CCCCCCCCC1CC1. The van der Waals surface area contributed by atoms with Gasteiger partial charge in [-0.2, -0.15) is 0 Å². The van der Waals surface area contributed by atoms with Crippen LogP contribution in [0, 0.1) is 5.92 Å². The molecule has 0 N–H and O–H groups in total. The molecule has 1 aliphatic rings.